The van der Waals surface area contributed by atoms with Crippen molar-refractivity contribution < 1.29 is 13.9 Å². The van der Waals surface area contributed by atoms with Crippen LogP contribution in [0.15, 0.2) is 36.5 Å². The average molecular weight is 286 g/mol. The highest BCUT2D eigenvalue weighted by atomic mass is 19.1. The number of hydrogen-bond donors (Lipinski definition) is 1. The Balaban J connectivity index is 2.41. The Labute approximate surface area is 122 Å². The van der Waals surface area contributed by atoms with Gasteiger partial charge in [-0.2, -0.15) is 0 Å². The predicted molar refractivity (Wildman–Crippen MR) is 79.9 cm³/mol. The summed E-state index contributed by atoms with van der Waals surface area (Å²) in [5.74, 6) is -0.506. The van der Waals surface area contributed by atoms with Gasteiger partial charge in [0.1, 0.15) is 11.6 Å². The van der Waals surface area contributed by atoms with E-state index in [0.717, 1.165) is 11.1 Å². The summed E-state index contributed by atoms with van der Waals surface area (Å²) in [6.07, 6.45) is 3.11. The quantitative estimate of drug-likeness (QED) is 0.880. The normalized spacial score (nSPS) is 11.3. The predicted octanol–water partition coefficient (Wildman–Crippen LogP) is 3.15. The van der Waals surface area contributed by atoms with Gasteiger partial charge >= 0.3 is 5.97 Å². The lowest BCUT2D eigenvalue weighted by atomic mass is 10.0. The maximum atomic E-state index is 13.2. The number of allylic oxidation sites excluding steroid dienone is 1. The highest BCUT2D eigenvalue weighted by Gasteiger charge is 2.09. The number of nitrogens with zero attached hydrogens (tertiary/aromatic N) is 1. The van der Waals surface area contributed by atoms with E-state index in [4.69, 9.17) is 5.73 Å². The van der Waals surface area contributed by atoms with Crippen molar-refractivity contribution in [2.75, 3.05) is 12.8 Å². The van der Waals surface area contributed by atoms with E-state index >= 15 is 0 Å². The number of halogens is 1. The maximum absolute atomic E-state index is 13.2. The van der Waals surface area contributed by atoms with E-state index in [9.17, 15) is 9.18 Å². The Hall–Kier alpha value is -2.69. The molecule has 0 atom stereocenters. The summed E-state index contributed by atoms with van der Waals surface area (Å²) in [5.41, 5.74) is 8.24. The van der Waals surface area contributed by atoms with Crippen molar-refractivity contribution >= 4 is 23.4 Å². The number of esters is 1. The van der Waals surface area contributed by atoms with Gasteiger partial charge in [-0.05, 0) is 42.3 Å². The summed E-state index contributed by atoms with van der Waals surface area (Å²) < 4.78 is 17.9. The molecule has 0 aliphatic heterocycles. The molecule has 0 saturated carbocycles. The largest absolute Gasteiger partial charge is 0.465 e. The molecule has 0 fully saturated rings. The van der Waals surface area contributed by atoms with Crippen LogP contribution in [-0.4, -0.2) is 18.1 Å². The number of rotatable bonds is 3. The lowest BCUT2D eigenvalue weighted by molar-refractivity contribution is 0.0600. The molecule has 108 valence electrons. The fourth-order valence-corrected chi connectivity index (χ4v) is 1.89. The van der Waals surface area contributed by atoms with Gasteiger partial charge in [0.25, 0.3) is 0 Å². The van der Waals surface area contributed by atoms with Gasteiger partial charge in [-0.1, -0.05) is 12.1 Å². The number of carbonyl (C=O) groups excluding carboxylic acids is 1. The molecule has 5 heteroatoms. The first kappa shape index (κ1) is 14.7. The highest BCUT2D eigenvalue weighted by molar-refractivity contribution is 5.91. The van der Waals surface area contributed by atoms with E-state index in [2.05, 4.69) is 9.72 Å². The van der Waals surface area contributed by atoms with Crippen LogP contribution in [0.3, 0.4) is 0 Å². The van der Waals surface area contributed by atoms with E-state index in [1.165, 1.54) is 25.4 Å². The summed E-state index contributed by atoms with van der Waals surface area (Å²) >= 11 is 0. The molecule has 0 saturated heterocycles. The van der Waals surface area contributed by atoms with E-state index < -0.39 is 5.97 Å². The molecule has 1 heterocycles. The molecule has 0 bridgehead atoms. The molecule has 0 aliphatic carbocycles. The van der Waals surface area contributed by atoms with Gasteiger partial charge in [-0.25, -0.2) is 14.2 Å². The fraction of sp³-hybridized carbons (Fsp3) is 0.125. The van der Waals surface area contributed by atoms with Crippen molar-refractivity contribution in [2.24, 2.45) is 0 Å². The van der Waals surface area contributed by atoms with E-state index in [1.54, 1.807) is 24.3 Å². The van der Waals surface area contributed by atoms with E-state index in [1.807, 2.05) is 6.92 Å². The van der Waals surface area contributed by atoms with E-state index in [-0.39, 0.29) is 5.82 Å². The molecule has 2 rings (SSSR count). The van der Waals surface area contributed by atoms with Gasteiger partial charge in [0, 0.05) is 11.8 Å². The van der Waals surface area contributed by atoms with Crippen LogP contribution in [0.1, 0.15) is 28.4 Å². The Morgan fingerprint density at radius 1 is 1.33 bits per heavy atom. The molecule has 4 nitrogen and oxygen atoms in total. The monoisotopic (exact) mass is 286 g/mol. The van der Waals surface area contributed by atoms with Gasteiger partial charge in [0.2, 0.25) is 0 Å². The molecule has 2 N–H and O–H groups in total. The number of nitrogen functional groups attached to an aromatic ring is 1. The molecule has 0 spiro atoms. The number of hydrogen-bond acceptors (Lipinski definition) is 4. The molecule has 1 aromatic heterocycles. The van der Waals surface area contributed by atoms with Gasteiger partial charge < -0.3 is 10.5 Å². The molecular weight excluding hydrogens is 271 g/mol. The minimum atomic E-state index is -0.486. The first-order valence-electron chi connectivity index (χ1n) is 6.29. The zero-order chi connectivity index (χ0) is 15.4. The Bertz CT molecular complexity index is 711. The molecule has 2 aromatic rings. The summed E-state index contributed by atoms with van der Waals surface area (Å²) in [5, 5.41) is 0. The summed E-state index contributed by atoms with van der Waals surface area (Å²) in [6, 6.07) is 7.83. The Kier molecular flexibility index (Phi) is 4.33. The molecule has 0 aliphatic rings. The van der Waals surface area contributed by atoms with Crippen LogP contribution in [0, 0.1) is 5.82 Å². The van der Waals surface area contributed by atoms with Crippen molar-refractivity contribution in [3.63, 3.8) is 0 Å². The molecule has 0 radical (unpaired) electrons. The van der Waals surface area contributed by atoms with Crippen LogP contribution in [0.2, 0.25) is 0 Å². The number of methoxy groups -OCH3 is 1. The van der Waals surface area contributed by atoms with Crippen LogP contribution in [0.4, 0.5) is 10.2 Å². The molecule has 1 aromatic carbocycles. The highest BCUT2D eigenvalue weighted by Crippen LogP contribution is 2.21. The third-order valence-electron chi connectivity index (χ3n) is 3.02. The Morgan fingerprint density at radius 3 is 2.76 bits per heavy atom. The zero-order valence-corrected chi connectivity index (χ0v) is 11.8. The number of anilines is 1. The second-order valence-corrected chi connectivity index (χ2v) is 4.53. The van der Waals surface area contributed by atoms with Crippen molar-refractivity contribution in [1.82, 2.24) is 4.98 Å². The third-order valence-corrected chi connectivity index (χ3v) is 3.02. The van der Waals surface area contributed by atoms with Crippen LogP contribution in [0.5, 0.6) is 0 Å². The zero-order valence-electron chi connectivity index (χ0n) is 11.8. The van der Waals surface area contributed by atoms with Crippen LogP contribution in [0.25, 0.3) is 11.6 Å². The lowest BCUT2D eigenvalue weighted by Crippen LogP contribution is -2.04. The lowest BCUT2D eigenvalue weighted by Gasteiger charge is -2.06. The van der Waals surface area contributed by atoms with Crippen molar-refractivity contribution in [2.45, 2.75) is 6.92 Å². The first-order valence-corrected chi connectivity index (χ1v) is 6.29. The number of pyridine rings is 1. The molecule has 0 amide bonds. The molecule has 21 heavy (non-hydrogen) atoms. The van der Waals surface area contributed by atoms with Crippen molar-refractivity contribution in [3.8, 4) is 0 Å². The first-order chi connectivity index (χ1) is 10.0. The van der Waals surface area contributed by atoms with Crippen molar-refractivity contribution in [3.05, 3.63) is 59.0 Å². The number of ether oxygens (including phenoxy) is 1. The number of benzene rings is 1. The number of aromatic nitrogens is 1. The Morgan fingerprint density at radius 2 is 2.10 bits per heavy atom. The van der Waals surface area contributed by atoms with E-state index in [0.29, 0.717) is 16.9 Å². The van der Waals surface area contributed by atoms with Gasteiger partial charge in [-0.3, -0.25) is 0 Å². The SMILES string of the molecule is COC(=O)c1cnc(N)c(/C=C(\C)c2cccc(F)c2)c1. The van der Waals surface area contributed by atoms with Crippen LogP contribution < -0.4 is 5.73 Å². The minimum Gasteiger partial charge on any atom is -0.465 e. The second-order valence-electron chi connectivity index (χ2n) is 4.53. The smallest absolute Gasteiger partial charge is 0.339 e. The molecule has 0 unspecified atom stereocenters. The topological polar surface area (TPSA) is 65.2 Å². The number of nitrogens with two attached hydrogens (primary N) is 1. The van der Waals surface area contributed by atoms with Crippen molar-refractivity contribution in [1.29, 1.82) is 0 Å². The maximum Gasteiger partial charge on any atom is 0.339 e. The summed E-state index contributed by atoms with van der Waals surface area (Å²) in [7, 11) is 1.30. The van der Waals surface area contributed by atoms with Crippen LogP contribution in [-0.2, 0) is 4.74 Å². The molecular formula is C16H15FN2O2. The summed E-state index contributed by atoms with van der Waals surface area (Å²) in [4.78, 5) is 15.5. The minimum absolute atomic E-state index is 0.290. The average Bonchev–Trinajstić information content (AvgIpc) is 2.48. The third kappa shape index (κ3) is 3.45. The van der Waals surface area contributed by atoms with Gasteiger partial charge in [-0.15, -0.1) is 0 Å². The number of carbonyl (C=O) groups is 1. The second kappa shape index (κ2) is 6.17. The summed E-state index contributed by atoms with van der Waals surface area (Å²) in [6.45, 7) is 1.83. The fourth-order valence-electron chi connectivity index (χ4n) is 1.89. The van der Waals surface area contributed by atoms with Gasteiger partial charge in [0.15, 0.2) is 0 Å². The van der Waals surface area contributed by atoms with Gasteiger partial charge in [0.05, 0.1) is 12.7 Å². The standard InChI is InChI=1S/C16H15FN2O2/c1-10(11-4-3-5-14(17)8-11)6-12-7-13(16(20)21-2)9-19-15(12)18/h3-9H,1-2H3,(H2,18,19)/b10-6+. The van der Waals surface area contributed by atoms with Crippen LogP contribution >= 0.6 is 0 Å².